The topological polar surface area (TPSA) is 106 Å². The molecule has 3 aromatic carbocycles. The lowest BCUT2D eigenvalue weighted by Crippen LogP contribution is -2.14. The molecule has 7 nitrogen and oxygen atoms in total. The molecule has 1 aromatic heterocycles. The summed E-state index contributed by atoms with van der Waals surface area (Å²) in [4.78, 5) is 36.8. The number of carbonyl (C=O) groups is 2. The maximum atomic E-state index is 12.8. The zero-order chi connectivity index (χ0) is 22.0. The van der Waals surface area contributed by atoms with Gasteiger partial charge in [-0.1, -0.05) is 30.3 Å². The molecule has 0 spiro atoms. The number of fused-ring (bicyclic) bond motifs is 1. The lowest BCUT2D eigenvalue weighted by atomic mass is 10.0. The first-order valence-corrected chi connectivity index (χ1v) is 9.32. The first kappa shape index (κ1) is 19.9. The van der Waals surface area contributed by atoms with Crippen molar-refractivity contribution in [2.75, 3.05) is 12.4 Å². The number of hydrogen-bond acceptors (Lipinski definition) is 5. The molecule has 0 fully saturated rings. The van der Waals surface area contributed by atoms with Gasteiger partial charge in [0.05, 0.1) is 18.2 Å². The van der Waals surface area contributed by atoms with E-state index in [1.165, 1.54) is 7.11 Å². The summed E-state index contributed by atoms with van der Waals surface area (Å²) < 4.78 is 10.6. The predicted octanol–water partition coefficient (Wildman–Crippen LogP) is 4.42. The number of carboxylic acid groups (broad SMARTS) is 1. The first-order valence-electron chi connectivity index (χ1n) is 9.32. The minimum absolute atomic E-state index is 0.00792. The third-order valence-corrected chi connectivity index (χ3v) is 4.75. The lowest BCUT2D eigenvalue weighted by molar-refractivity contribution is 0.0663. The lowest BCUT2D eigenvalue weighted by Gasteiger charge is -2.12. The van der Waals surface area contributed by atoms with Gasteiger partial charge in [0.25, 0.3) is 5.91 Å². The normalized spacial score (nSPS) is 10.6. The molecule has 4 rings (SSSR count). The fraction of sp³-hybridized carbons (Fsp3) is 0.0417. The Morgan fingerprint density at radius 1 is 0.935 bits per heavy atom. The van der Waals surface area contributed by atoms with E-state index < -0.39 is 23.1 Å². The van der Waals surface area contributed by atoms with Crippen LogP contribution in [0.25, 0.3) is 22.1 Å². The molecule has 1 heterocycles. The van der Waals surface area contributed by atoms with Crippen LogP contribution in [-0.2, 0) is 0 Å². The summed E-state index contributed by atoms with van der Waals surface area (Å²) >= 11 is 0. The van der Waals surface area contributed by atoms with Crippen LogP contribution in [0.3, 0.4) is 0 Å². The molecule has 0 aliphatic heterocycles. The summed E-state index contributed by atoms with van der Waals surface area (Å²) in [6, 6.07) is 20.0. The number of hydrogen-bond donors (Lipinski definition) is 2. The summed E-state index contributed by atoms with van der Waals surface area (Å²) in [5.41, 5.74) is 1.52. The van der Waals surface area contributed by atoms with E-state index >= 15 is 0 Å². The second kappa shape index (κ2) is 8.16. The Morgan fingerprint density at radius 2 is 1.65 bits per heavy atom. The van der Waals surface area contributed by atoms with Crippen molar-refractivity contribution in [1.29, 1.82) is 0 Å². The van der Waals surface area contributed by atoms with E-state index in [-0.39, 0.29) is 16.7 Å². The van der Waals surface area contributed by atoms with E-state index in [9.17, 15) is 19.5 Å². The highest BCUT2D eigenvalue weighted by atomic mass is 16.5. The van der Waals surface area contributed by atoms with Gasteiger partial charge in [0.2, 0.25) is 5.76 Å². The number of carbonyl (C=O) groups excluding carboxylic acids is 1. The summed E-state index contributed by atoms with van der Waals surface area (Å²) in [6.45, 7) is 0. The third-order valence-electron chi connectivity index (χ3n) is 4.75. The Balaban J connectivity index is 1.86. The molecule has 1 amide bonds. The molecule has 0 unspecified atom stereocenters. The van der Waals surface area contributed by atoms with Crippen LogP contribution >= 0.6 is 0 Å². The molecule has 0 saturated carbocycles. The molecular weight excluding hydrogens is 398 g/mol. The van der Waals surface area contributed by atoms with Gasteiger partial charge in [-0.3, -0.25) is 9.59 Å². The molecule has 2 N–H and O–H groups in total. The van der Waals surface area contributed by atoms with Crippen molar-refractivity contribution in [2.45, 2.75) is 0 Å². The highest BCUT2D eigenvalue weighted by molar-refractivity contribution is 6.09. The van der Waals surface area contributed by atoms with Gasteiger partial charge in [-0.15, -0.1) is 0 Å². The van der Waals surface area contributed by atoms with Crippen molar-refractivity contribution >= 4 is 28.5 Å². The van der Waals surface area contributed by atoms with E-state index in [4.69, 9.17) is 9.15 Å². The molecule has 0 bridgehead atoms. The Labute approximate surface area is 176 Å². The number of carboxylic acids is 1. The molecular formula is C24H17NO6. The van der Waals surface area contributed by atoms with Crippen LogP contribution in [0.2, 0.25) is 0 Å². The molecule has 7 heteroatoms. The minimum atomic E-state index is -1.38. The van der Waals surface area contributed by atoms with Crippen LogP contribution in [-0.4, -0.2) is 24.1 Å². The average molecular weight is 415 g/mol. The molecule has 0 aliphatic carbocycles. The van der Waals surface area contributed by atoms with Crippen molar-refractivity contribution in [1.82, 2.24) is 0 Å². The fourth-order valence-corrected chi connectivity index (χ4v) is 3.19. The van der Waals surface area contributed by atoms with Gasteiger partial charge in [0.15, 0.2) is 11.0 Å². The van der Waals surface area contributed by atoms with E-state index in [0.29, 0.717) is 16.9 Å². The SMILES string of the molecule is COc1ccc(C(=O)Nc2cc(-c3ccccc3)cc3c(=O)cc(C(=O)O)oc23)cc1. The van der Waals surface area contributed by atoms with Crippen molar-refractivity contribution in [3.8, 4) is 16.9 Å². The van der Waals surface area contributed by atoms with E-state index in [1.54, 1.807) is 36.4 Å². The second-order valence-electron chi connectivity index (χ2n) is 6.73. The highest BCUT2D eigenvalue weighted by Gasteiger charge is 2.17. The zero-order valence-electron chi connectivity index (χ0n) is 16.4. The van der Waals surface area contributed by atoms with Gasteiger partial charge in [0, 0.05) is 11.6 Å². The van der Waals surface area contributed by atoms with E-state index in [2.05, 4.69) is 5.32 Å². The van der Waals surface area contributed by atoms with E-state index in [0.717, 1.165) is 11.6 Å². The van der Waals surface area contributed by atoms with Gasteiger partial charge in [0.1, 0.15) is 5.75 Å². The smallest absolute Gasteiger partial charge is 0.371 e. The number of rotatable bonds is 5. The van der Waals surface area contributed by atoms with Crippen LogP contribution in [0, 0.1) is 0 Å². The monoisotopic (exact) mass is 415 g/mol. The standard InChI is InChI=1S/C24H17NO6/c1-30-17-9-7-15(8-10-17)23(27)25-19-12-16(14-5-3-2-4-6-14)11-18-20(26)13-21(24(28)29)31-22(18)19/h2-13H,1H3,(H,25,27)(H,28,29). The van der Waals surface area contributed by atoms with Crippen LogP contribution in [0.4, 0.5) is 5.69 Å². The molecule has 154 valence electrons. The summed E-state index contributed by atoms with van der Waals surface area (Å²) in [7, 11) is 1.53. The number of aromatic carboxylic acids is 1. The van der Waals surface area contributed by atoms with Gasteiger partial charge < -0.3 is 19.6 Å². The average Bonchev–Trinajstić information content (AvgIpc) is 2.79. The fourth-order valence-electron chi connectivity index (χ4n) is 3.19. The largest absolute Gasteiger partial charge is 0.497 e. The Morgan fingerprint density at radius 3 is 2.29 bits per heavy atom. The molecule has 0 saturated heterocycles. The Bertz CT molecular complexity index is 1340. The van der Waals surface area contributed by atoms with Crippen molar-refractivity contribution in [3.63, 3.8) is 0 Å². The van der Waals surface area contributed by atoms with Gasteiger partial charge in [-0.05, 0) is 47.5 Å². The van der Waals surface area contributed by atoms with Gasteiger partial charge >= 0.3 is 5.97 Å². The van der Waals surface area contributed by atoms with Crippen molar-refractivity contribution in [3.05, 3.63) is 94.3 Å². The molecule has 31 heavy (non-hydrogen) atoms. The maximum absolute atomic E-state index is 12.8. The molecule has 4 aromatic rings. The Kier molecular flexibility index (Phi) is 5.24. The van der Waals surface area contributed by atoms with Gasteiger partial charge in [-0.2, -0.15) is 0 Å². The predicted molar refractivity (Wildman–Crippen MR) is 116 cm³/mol. The van der Waals surface area contributed by atoms with Crippen molar-refractivity contribution < 1.29 is 23.8 Å². The maximum Gasteiger partial charge on any atom is 0.371 e. The number of benzene rings is 3. The second-order valence-corrected chi connectivity index (χ2v) is 6.73. The van der Waals surface area contributed by atoms with Crippen molar-refractivity contribution in [2.24, 2.45) is 0 Å². The molecule has 0 radical (unpaired) electrons. The summed E-state index contributed by atoms with van der Waals surface area (Å²) in [5.74, 6) is -1.73. The summed E-state index contributed by atoms with van der Waals surface area (Å²) in [5, 5.41) is 12.2. The number of nitrogens with one attached hydrogen (secondary N) is 1. The quantitative estimate of drug-likeness (QED) is 0.500. The number of amides is 1. The summed E-state index contributed by atoms with van der Waals surface area (Å²) in [6.07, 6.45) is 0. The first-order chi connectivity index (χ1) is 15.0. The number of anilines is 1. The zero-order valence-corrected chi connectivity index (χ0v) is 16.4. The van der Waals surface area contributed by atoms with Crippen LogP contribution in [0.1, 0.15) is 20.9 Å². The number of ether oxygens (including phenoxy) is 1. The highest BCUT2D eigenvalue weighted by Crippen LogP contribution is 2.31. The number of methoxy groups -OCH3 is 1. The molecule has 0 atom stereocenters. The van der Waals surface area contributed by atoms with Crippen LogP contribution in [0.5, 0.6) is 5.75 Å². The third kappa shape index (κ3) is 4.02. The molecule has 0 aliphatic rings. The minimum Gasteiger partial charge on any atom is -0.497 e. The van der Waals surface area contributed by atoms with Crippen LogP contribution < -0.4 is 15.5 Å². The van der Waals surface area contributed by atoms with E-state index in [1.807, 2.05) is 30.3 Å². The Hall–Kier alpha value is -4.39. The van der Waals surface area contributed by atoms with Gasteiger partial charge in [-0.25, -0.2) is 4.79 Å². The van der Waals surface area contributed by atoms with Crippen LogP contribution in [0.15, 0.2) is 82.0 Å².